The summed E-state index contributed by atoms with van der Waals surface area (Å²) in [6.45, 7) is 4.06. The molecule has 1 aromatic heterocycles. The molecule has 1 aliphatic rings. The van der Waals surface area contributed by atoms with Gasteiger partial charge in [0.05, 0.1) is 6.54 Å². The Bertz CT molecular complexity index is 499. The first-order valence-corrected chi connectivity index (χ1v) is 7.37. The third-order valence-electron chi connectivity index (χ3n) is 3.63. The summed E-state index contributed by atoms with van der Waals surface area (Å²) in [5, 5.41) is 5.97. The second kappa shape index (κ2) is 7.21. The van der Waals surface area contributed by atoms with E-state index in [1.807, 2.05) is 24.7 Å². The molecule has 2 N–H and O–H groups in total. The number of nitrogens with zero attached hydrogens (tertiary/aromatic N) is 3. The summed E-state index contributed by atoms with van der Waals surface area (Å²) in [5.41, 5.74) is 0. The van der Waals surface area contributed by atoms with Gasteiger partial charge in [-0.15, -0.1) is 0 Å². The highest BCUT2D eigenvalue weighted by atomic mass is 16.2. The minimum absolute atomic E-state index is 0.0553. The molecule has 21 heavy (non-hydrogen) atoms. The first-order valence-electron chi connectivity index (χ1n) is 7.37. The Balaban J connectivity index is 2.00. The van der Waals surface area contributed by atoms with E-state index in [0.29, 0.717) is 19.5 Å². The summed E-state index contributed by atoms with van der Waals surface area (Å²) in [4.78, 5) is 30.0. The third kappa shape index (κ3) is 3.81. The Morgan fingerprint density at radius 2 is 2.33 bits per heavy atom. The van der Waals surface area contributed by atoms with E-state index in [1.165, 1.54) is 0 Å². The summed E-state index contributed by atoms with van der Waals surface area (Å²) in [5.74, 6) is 0.721. The van der Waals surface area contributed by atoms with Gasteiger partial charge in [-0.25, -0.2) is 4.98 Å². The number of carbonyl (C=O) groups is 2. The van der Waals surface area contributed by atoms with Crippen LogP contribution in [0.2, 0.25) is 0 Å². The standard InChI is InChI=1S/C14H23N5O2/c1-3-4-12(20)17-10-13(21)19-8-5-15-9-11(19)14-16-6-7-18(14)2/h6-7,11,15H,3-5,8-10H2,1-2H3,(H,17,20). The van der Waals surface area contributed by atoms with Gasteiger partial charge >= 0.3 is 0 Å². The number of aryl methyl sites for hydroxylation is 1. The zero-order valence-corrected chi connectivity index (χ0v) is 12.6. The SMILES string of the molecule is CCCC(=O)NCC(=O)N1CCNCC1c1nccn1C. The molecule has 1 aliphatic heterocycles. The largest absolute Gasteiger partial charge is 0.347 e. The summed E-state index contributed by atoms with van der Waals surface area (Å²) in [7, 11) is 1.92. The van der Waals surface area contributed by atoms with Crippen LogP contribution in [0.15, 0.2) is 12.4 Å². The lowest BCUT2D eigenvalue weighted by Crippen LogP contribution is -2.52. The predicted octanol–water partition coefficient (Wildman–Crippen LogP) is -0.191. The molecule has 1 saturated heterocycles. The zero-order valence-electron chi connectivity index (χ0n) is 12.6. The first kappa shape index (κ1) is 15.5. The Morgan fingerprint density at radius 1 is 1.52 bits per heavy atom. The van der Waals surface area contributed by atoms with Crippen LogP contribution in [0.3, 0.4) is 0 Å². The van der Waals surface area contributed by atoms with Gasteiger partial charge in [0, 0.05) is 45.5 Å². The van der Waals surface area contributed by atoms with Crippen LogP contribution in [0.1, 0.15) is 31.6 Å². The molecule has 1 aromatic rings. The topological polar surface area (TPSA) is 79.3 Å². The van der Waals surface area contributed by atoms with Crippen molar-refractivity contribution in [2.75, 3.05) is 26.2 Å². The summed E-state index contributed by atoms with van der Waals surface area (Å²) < 4.78 is 1.92. The Kier molecular flexibility index (Phi) is 5.32. The van der Waals surface area contributed by atoms with E-state index >= 15 is 0 Å². The second-order valence-corrected chi connectivity index (χ2v) is 5.23. The number of amides is 2. The molecule has 0 aliphatic carbocycles. The van der Waals surface area contributed by atoms with Gasteiger partial charge in [-0.05, 0) is 6.42 Å². The fourth-order valence-electron chi connectivity index (χ4n) is 2.52. The minimum Gasteiger partial charge on any atom is -0.347 e. The minimum atomic E-state index is -0.0886. The van der Waals surface area contributed by atoms with Crippen LogP contribution in [0.25, 0.3) is 0 Å². The fourth-order valence-corrected chi connectivity index (χ4v) is 2.52. The van der Waals surface area contributed by atoms with E-state index in [0.717, 1.165) is 18.8 Å². The van der Waals surface area contributed by atoms with Gasteiger partial charge in [0.2, 0.25) is 11.8 Å². The lowest BCUT2D eigenvalue weighted by molar-refractivity contribution is -0.135. The molecule has 116 valence electrons. The first-order chi connectivity index (χ1) is 10.1. The van der Waals surface area contributed by atoms with Gasteiger partial charge in [-0.3, -0.25) is 9.59 Å². The maximum absolute atomic E-state index is 12.4. The average molecular weight is 293 g/mol. The Labute approximate surface area is 124 Å². The van der Waals surface area contributed by atoms with Crippen molar-refractivity contribution in [2.24, 2.45) is 7.05 Å². The van der Waals surface area contributed by atoms with Gasteiger partial charge < -0.3 is 20.1 Å². The molecule has 7 heteroatoms. The van der Waals surface area contributed by atoms with E-state index in [-0.39, 0.29) is 24.4 Å². The van der Waals surface area contributed by atoms with Crippen molar-refractivity contribution in [1.82, 2.24) is 25.1 Å². The lowest BCUT2D eigenvalue weighted by atomic mass is 10.1. The predicted molar refractivity (Wildman–Crippen MR) is 78.4 cm³/mol. The number of piperazine rings is 1. The van der Waals surface area contributed by atoms with Gasteiger partial charge in [-0.1, -0.05) is 6.92 Å². The molecule has 0 radical (unpaired) electrons. The van der Waals surface area contributed by atoms with Crippen LogP contribution in [0.5, 0.6) is 0 Å². The van der Waals surface area contributed by atoms with E-state index in [4.69, 9.17) is 0 Å². The molecular weight excluding hydrogens is 270 g/mol. The smallest absolute Gasteiger partial charge is 0.242 e. The van der Waals surface area contributed by atoms with E-state index in [1.54, 1.807) is 11.1 Å². The number of carbonyl (C=O) groups excluding carboxylic acids is 2. The highest BCUT2D eigenvalue weighted by molar-refractivity contribution is 5.85. The molecule has 1 fully saturated rings. The lowest BCUT2D eigenvalue weighted by Gasteiger charge is -2.35. The number of rotatable bonds is 5. The number of nitrogens with one attached hydrogen (secondary N) is 2. The quantitative estimate of drug-likeness (QED) is 0.788. The fraction of sp³-hybridized carbons (Fsp3) is 0.643. The maximum Gasteiger partial charge on any atom is 0.242 e. The molecule has 7 nitrogen and oxygen atoms in total. The summed E-state index contributed by atoms with van der Waals surface area (Å²) in [6.07, 6.45) is 4.84. The third-order valence-corrected chi connectivity index (χ3v) is 3.63. The second-order valence-electron chi connectivity index (χ2n) is 5.23. The van der Waals surface area contributed by atoms with E-state index in [2.05, 4.69) is 15.6 Å². The monoisotopic (exact) mass is 293 g/mol. The molecule has 0 spiro atoms. The molecule has 1 atom stereocenters. The van der Waals surface area contributed by atoms with Crippen LogP contribution < -0.4 is 10.6 Å². The summed E-state index contributed by atoms with van der Waals surface area (Å²) >= 11 is 0. The number of imidazole rings is 1. The number of aromatic nitrogens is 2. The molecule has 2 heterocycles. The van der Waals surface area contributed by atoms with Crippen molar-refractivity contribution < 1.29 is 9.59 Å². The van der Waals surface area contributed by atoms with Crippen LogP contribution >= 0.6 is 0 Å². The van der Waals surface area contributed by atoms with Crippen LogP contribution in [0.4, 0.5) is 0 Å². The van der Waals surface area contributed by atoms with Gasteiger partial charge in [0.1, 0.15) is 11.9 Å². The Morgan fingerprint density at radius 3 is 3.00 bits per heavy atom. The Hall–Kier alpha value is -1.89. The molecule has 2 amide bonds. The van der Waals surface area contributed by atoms with Crippen molar-refractivity contribution >= 4 is 11.8 Å². The molecule has 0 aromatic carbocycles. The van der Waals surface area contributed by atoms with Gasteiger partial charge in [0.15, 0.2) is 0 Å². The number of hydrogen-bond donors (Lipinski definition) is 2. The molecule has 0 saturated carbocycles. The summed E-state index contributed by atoms with van der Waals surface area (Å²) in [6, 6.07) is -0.0886. The molecular formula is C14H23N5O2. The normalized spacial score (nSPS) is 18.6. The van der Waals surface area contributed by atoms with Gasteiger partial charge in [0.25, 0.3) is 0 Å². The molecule has 0 bridgehead atoms. The van der Waals surface area contributed by atoms with Crippen LogP contribution in [-0.4, -0.2) is 52.4 Å². The van der Waals surface area contributed by atoms with Crippen molar-refractivity contribution in [1.29, 1.82) is 0 Å². The molecule has 2 rings (SSSR count). The number of hydrogen-bond acceptors (Lipinski definition) is 4. The average Bonchev–Trinajstić information content (AvgIpc) is 2.91. The van der Waals surface area contributed by atoms with Crippen LogP contribution in [-0.2, 0) is 16.6 Å². The van der Waals surface area contributed by atoms with Crippen molar-refractivity contribution in [3.8, 4) is 0 Å². The van der Waals surface area contributed by atoms with Crippen molar-refractivity contribution in [2.45, 2.75) is 25.8 Å². The van der Waals surface area contributed by atoms with Crippen molar-refractivity contribution in [3.63, 3.8) is 0 Å². The van der Waals surface area contributed by atoms with Gasteiger partial charge in [-0.2, -0.15) is 0 Å². The van der Waals surface area contributed by atoms with E-state index < -0.39 is 0 Å². The highest BCUT2D eigenvalue weighted by Crippen LogP contribution is 2.20. The maximum atomic E-state index is 12.4. The molecule has 1 unspecified atom stereocenters. The van der Waals surface area contributed by atoms with Crippen molar-refractivity contribution in [3.05, 3.63) is 18.2 Å². The van der Waals surface area contributed by atoms with Crippen LogP contribution in [0, 0.1) is 0 Å². The van der Waals surface area contributed by atoms with E-state index in [9.17, 15) is 9.59 Å². The zero-order chi connectivity index (χ0) is 15.2. The highest BCUT2D eigenvalue weighted by Gasteiger charge is 2.30.